The van der Waals surface area contributed by atoms with E-state index in [4.69, 9.17) is 4.74 Å². The van der Waals surface area contributed by atoms with E-state index in [1.807, 2.05) is 31.2 Å². The lowest BCUT2D eigenvalue weighted by Gasteiger charge is -2.18. The number of hydrogen-bond donors (Lipinski definition) is 1. The Bertz CT molecular complexity index is 809. The maximum atomic E-state index is 13.6. The molecule has 0 aromatic heterocycles. The van der Waals surface area contributed by atoms with Gasteiger partial charge in [-0.3, -0.25) is 0 Å². The van der Waals surface area contributed by atoms with Crippen LogP contribution < -0.4 is 4.72 Å². The Balaban J connectivity index is 2.09. The van der Waals surface area contributed by atoms with Crippen molar-refractivity contribution in [3.63, 3.8) is 0 Å². The predicted octanol–water partition coefficient (Wildman–Crippen LogP) is 3.08. The van der Waals surface area contributed by atoms with Crippen LogP contribution in [0.4, 0.5) is 8.78 Å². The molecule has 2 aromatic carbocycles. The average molecular weight is 355 g/mol. The van der Waals surface area contributed by atoms with Crippen molar-refractivity contribution < 1.29 is 21.9 Å². The Labute approximate surface area is 140 Å². The SMILES string of the molecule is COC(CNS(=O)(=O)Cc1cc(F)ccc1F)c1ccccc1C. The number of nitrogens with one attached hydrogen (secondary N) is 1. The fraction of sp³-hybridized carbons (Fsp3) is 0.294. The summed E-state index contributed by atoms with van der Waals surface area (Å²) in [6.07, 6.45) is -0.474. The molecule has 0 aliphatic carbocycles. The van der Waals surface area contributed by atoms with E-state index in [9.17, 15) is 17.2 Å². The van der Waals surface area contributed by atoms with Gasteiger partial charge in [0.2, 0.25) is 10.0 Å². The molecule has 1 atom stereocenters. The summed E-state index contributed by atoms with van der Waals surface area (Å²) < 4.78 is 58.8. The maximum Gasteiger partial charge on any atom is 0.215 e. The molecular formula is C17H19F2NO3S. The first-order valence-corrected chi connectivity index (χ1v) is 8.97. The quantitative estimate of drug-likeness (QED) is 0.830. The lowest BCUT2D eigenvalue weighted by molar-refractivity contribution is 0.107. The van der Waals surface area contributed by atoms with Crippen LogP contribution in [0.25, 0.3) is 0 Å². The summed E-state index contributed by atoms with van der Waals surface area (Å²) in [6, 6.07) is 10.2. The molecule has 0 amide bonds. The first-order chi connectivity index (χ1) is 11.3. The van der Waals surface area contributed by atoms with E-state index in [2.05, 4.69) is 4.72 Å². The van der Waals surface area contributed by atoms with Crippen molar-refractivity contribution in [3.05, 3.63) is 70.8 Å². The number of sulfonamides is 1. The van der Waals surface area contributed by atoms with Gasteiger partial charge < -0.3 is 4.74 Å². The zero-order chi connectivity index (χ0) is 17.7. The zero-order valence-electron chi connectivity index (χ0n) is 13.4. The largest absolute Gasteiger partial charge is 0.375 e. The normalized spacial score (nSPS) is 13.0. The molecule has 4 nitrogen and oxygen atoms in total. The molecule has 0 saturated heterocycles. The Kier molecular flexibility index (Phi) is 6.04. The highest BCUT2D eigenvalue weighted by Gasteiger charge is 2.19. The van der Waals surface area contributed by atoms with E-state index in [1.165, 1.54) is 7.11 Å². The molecule has 0 spiro atoms. The van der Waals surface area contributed by atoms with Crippen molar-refractivity contribution in [1.82, 2.24) is 4.72 Å². The van der Waals surface area contributed by atoms with Crippen molar-refractivity contribution >= 4 is 10.0 Å². The fourth-order valence-electron chi connectivity index (χ4n) is 2.38. The van der Waals surface area contributed by atoms with Gasteiger partial charge in [0.15, 0.2) is 0 Å². The number of benzene rings is 2. The number of rotatable bonds is 7. The molecule has 0 bridgehead atoms. The van der Waals surface area contributed by atoms with E-state index in [0.717, 1.165) is 29.3 Å². The minimum Gasteiger partial charge on any atom is -0.375 e. The summed E-state index contributed by atoms with van der Waals surface area (Å²) in [5.74, 6) is -2.08. The number of hydrogen-bond acceptors (Lipinski definition) is 3. The van der Waals surface area contributed by atoms with Crippen LogP contribution in [0, 0.1) is 18.6 Å². The third-order valence-electron chi connectivity index (χ3n) is 3.66. The Morgan fingerprint density at radius 1 is 1.17 bits per heavy atom. The summed E-state index contributed by atoms with van der Waals surface area (Å²) >= 11 is 0. The van der Waals surface area contributed by atoms with Crippen LogP contribution in [0.1, 0.15) is 22.8 Å². The second-order valence-corrected chi connectivity index (χ2v) is 7.23. The number of aryl methyl sites for hydroxylation is 1. The lowest BCUT2D eigenvalue weighted by atomic mass is 10.0. The van der Waals surface area contributed by atoms with Crippen LogP contribution in [0.5, 0.6) is 0 Å². The van der Waals surface area contributed by atoms with Gasteiger partial charge >= 0.3 is 0 Å². The van der Waals surface area contributed by atoms with Crippen molar-refractivity contribution in [2.24, 2.45) is 0 Å². The van der Waals surface area contributed by atoms with Crippen molar-refractivity contribution in [1.29, 1.82) is 0 Å². The Hall–Kier alpha value is -1.83. The van der Waals surface area contributed by atoms with Crippen molar-refractivity contribution in [2.45, 2.75) is 18.8 Å². The molecule has 0 heterocycles. The van der Waals surface area contributed by atoms with E-state index < -0.39 is 33.5 Å². The summed E-state index contributed by atoms with van der Waals surface area (Å²) in [7, 11) is -2.35. The molecule has 7 heteroatoms. The molecule has 1 N–H and O–H groups in total. The Morgan fingerprint density at radius 3 is 2.54 bits per heavy atom. The molecular weight excluding hydrogens is 336 g/mol. The summed E-state index contributed by atoms with van der Waals surface area (Å²) in [6.45, 7) is 1.90. The molecule has 0 aliphatic rings. The summed E-state index contributed by atoms with van der Waals surface area (Å²) in [4.78, 5) is 0. The molecule has 130 valence electrons. The van der Waals surface area contributed by atoms with Crippen LogP contribution >= 0.6 is 0 Å². The molecule has 0 fully saturated rings. The smallest absolute Gasteiger partial charge is 0.215 e. The van der Waals surface area contributed by atoms with Gasteiger partial charge in [0.1, 0.15) is 11.6 Å². The fourth-order valence-corrected chi connectivity index (χ4v) is 3.52. The van der Waals surface area contributed by atoms with Gasteiger partial charge in [-0.1, -0.05) is 24.3 Å². The Morgan fingerprint density at radius 2 is 1.88 bits per heavy atom. The van der Waals surface area contributed by atoms with E-state index in [0.29, 0.717) is 0 Å². The zero-order valence-corrected chi connectivity index (χ0v) is 14.2. The highest BCUT2D eigenvalue weighted by atomic mass is 32.2. The minimum absolute atomic E-state index is 0.000616. The van der Waals surface area contributed by atoms with E-state index in [-0.39, 0.29) is 12.1 Å². The van der Waals surface area contributed by atoms with Crippen LogP contribution in [0.15, 0.2) is 42.5 Å². The van der Waals surface area contributed by atoms with Gasteiger partial charge in [-0.25, -0.2) is 21.9 Å². The van der Waals surface area contributed by atoms with Gasteiger partial charge in [-0.2, -0.15) is 0 Å². The van der Waals surface area contributed by atoms with E-state index >= 15 is 0 Å². The van der Waals surface area contributed by atoms with Gasteiger partial charge in [0.25, 0.3) is 0 Å². The monoisotopic (exact) mass is 355 g/mol. The minimum atomic E-state index is -3.84. The van der Waals surface area contributed by atoms with Crippen LogP contribution in [-0.4, -0.2) is 22.1 Å². The average Bonchev–Trinajstić information content (AvgIpc) is 2.53. The van der Waals surface area contributed by atoms with Crippen LogP contribution in [0.2, 0.25) is 0 Å². The molecule has 2 rings (SSSR count). The number of ether oxygens (including phenoxy) is 1. The molecule has 24 heavy (non-hydrogen) atoms. The third-order valence-corrected chi connectivity index (χ3v) is 4.96. The molecule has 0 saturated carbocycles. The highest BCUT2D eigenvalue weighted by Crippen LogP contribution is 2.20. The molecule has 2 aromatic rings. The van der Waals surface area contributed by atoms with Crippen LogP contribution in [0.3, 0.4) is 0 Å². The predicted molar refractivity (Wildman–Crippen MR) is 87.9 cm³/mol. The summed E-state index contributed by atoms with van der Waals surface area (Å²) in [5, 5.41) is 0. The first kappa shape index (κ1) is 18.5. The summed E-state index contributed by atoms with van der Waals surface area (Å²) in [5.41, 5.74) is 1.62. The second-order valence-electron chi connectivity index (χ2n) is 5.42. The first-order valence-electron chi connectivity index (χ1n) is 7.32. The molecule has 1 unspecified atom stereocenters. The van der Waals surface area contributed by atoms with Gasteiger partial charge in [-0.15, -0.1) is 0 Å². The van der Waals surface area contributed by atoms with Crippen molar-refractivity contribution in [3.8, 4) is 0 Å². The third kappa shape index (κ3) is 4.83. The van der Waals surface area contributed by atoms with Gasteiger partial charge in [-0.05, 0) is 36.2 Å². The number of methoxy groups -OCH3 is 1. The maximum absolute atomic E-state index is 13.6. The van der Waals surface area contributed by atoms with Crippen LogP contribution in [-0.2, 0) is 20.5 Å². The topological polar surface area (TPSA) is 55.4 Å². The highest BCUT2D eigenvalue weighted by molar-refractivity contribution is 7.88. The van der Waals surface area contributed by atoms with E-state index in [1.54, 1.807) is 0 Å². The standard InChI is InChI=1S/C17H19F2NO3S/c1-12-5-3-4-6-15(12)17(23-2)10-20-24(21,22)11-13-9-14(18)7-8-16(13)19/h3-9,17,20H,10-11H2,1-2H3. The molecule has 0 aliphatic heterocycles. The second kappa shape index (κ2) is 7.83. The van der Waals surface area contributed by atoms with Gasteiger partial charge in [0.05, 0.1) is 11.9 Å². The van der Waals surface area contributed by atoms with Gasteiger partial charge in [0, 0.05) is 19.2 Å². The molecule has 0 radical (unpaired) electrons. The number of halogens is 2. The van der Waals surface area contributed by atoms with Crippen molar-refractivity contribution in [2.75, 3.05) is 13.7 Å². The lowest BCUT2D eigenvalue weighted by Crippen LogP contribution is -2.30.